The van der Waals surface area contributed by atoms with E-state index in [4.69, 9.17) is 14.9 Å². The zero-order valence-electron chi connectivity index (χ0n) is 8.32. The van der Waals surface area contributed by atoms with E-state index in [1.165, 1.54) is 0 Å². The summed E-state index contributed by atoms with van der Waals surface area (Å²) in [6, 6.07) is 3.82. The maximum atomic E-state index is 6.11. The lowest BCUT2D eigenvalue weighted by molar-refractivity contribution is 0.0559. The molecule has 0 bridgehead atoms. The Bertz CT molecular complexity index is 299. The second-order valence-corrected chi connectivity index (χ2v) is 4.40. The lowest BCUT2D eigenvalue weighted by Gasteiger charge is -2.26. The molecule has 0 amide bonds. The third kappa shape index (κ3) is 3.21. The molecule has 0 radical (unpaired) electrons. The van der Waals surface area contributed by atoms with E-state index in [-0.39, 0.29) is 18.4 Å². The standard InChI is InChI=1S/C10H14BrNO2.ClH/c11-9-2-1-8(14-9)10(12)7-3-5-13-6-4-7;/h1-2,7,10H,3-6,12H2;1H/t10-;/m0./s1. The molecule has 1 saturated heterocycles. The molecule has 1 aromatic rings. The van der Waals surface area contributed by atoms with Crippen LogP contribution in [0.2, 0.25) is 0 Å². The summed E-state index contributed by atoms with van der Waals surface area (Å²) in [4.78, 5) is 0. The monoisotopic (exact) mass is 295 g/mol. The second-order valence-electron chi connectivity index (χ2n) is 3.62. The number of nitrogens with two attached hydrogens (primary N) is 1. The van der Waals surface area contributed by atoms with Crippen LogP contribution in [0.15, 0.2) is 21.2 Å². The normalized spacial score (nSPS) is 19.6. The van der Waals surface area contributed by atoms with Gasteiger partial charge in [-0.1, -0.05) is 0 Å². The first-order valence-electron chi connectivity index (χ1n) is 4.86. The highest BCUT2D eigenvalue weighted by Crippen LogP contribution is 2.30. The van der Waals surface area contributed by atoms with Crippen LogP contribution in [0.1, 0.15) is 24.6 Å². The van der Waals surface area contributed by atoms with Crippen LogP contribution in [0.5, 0.6) is 0 Å². The van der Waals surface area contributed by atoms with Crippen LogP contribution in [0, 0.1) is 5.92 Å². The van der Waals surface area contributed by atoms with Crippen molar-refractivity contribution in [3.05, 3.63) is 22.6 Å². The van der Waals surface area contributed by atoms with Gasteiger partial charge in [0.1, 0.15) is 5.76 Å². The van der Waals surface area contributed by atoms with Gasteiger partial charge in [0.05, 0.1) is 6.04 Å². The predicted molar refractivity (Wildman–Crippen MR) is 64.1 cm³/mol. The van der Waals surface area contributed by atoms with Crippen molar-refractivity contribution in [3.63, 3.8) is 0 Å². The van der Waals surface area contributed by atoms with Gasteiger partial charge in [-0.15, -0.1) is 12.4 Å². The summed E-state index contributed by atoms with van der Waals surface area (Å²) in [7, 11) is 0. The molecule has 2 rings (SSSR count). The van der Waals surface area contributed by atoms with Crippen molar-refractivity contribution in [1.82, 2.24) is 0 Å². The van der Waals surface area contributed by atoms with E-state index < -0.39 is 0 Å². The Hall–Kier alpha value is -0.0300. The zero-order chi connectivity index (χ0) is 9.97. The van der Waals surface area contributed by atoms with E-state index in [1.54, 1.807) is 0 Å². The molecule has 86 valence electrons. The molecule has 0 saturated carbocycles. The van der Waals surface area contributed by atoms with Crippen LogP contribution < -0.4 is 5.73 Å². The average molecular weight is 297 g/mol. The average Bonchev–Trinajstić information content (AvgIpc) is 2.65. The predicted octanol–water partition coefficient (Wildman–Crippen LogP) is 2.89. The molecule has 1 aromatic heterocycles. The van der Waals surface area contributed by atoms with Gasteiger partial charge in [-0.05, 0) is 46.8 Å². The van der Waals surface area contributed by atoms with E-state index in [1.807, 2.05) is 12.1 Å². The third-order valence-corrected chi connectivity index (χ3v) is 3.12. The minimum atomic E-state index is 0. The Labute approximate surface area is 104 Å². The Morgan fingerprint density at radius 3 is 2.53 bits per heavy atom. The number of halogens is 2. The highest BCUT2D eigenvalue weighted by Gasteiger charge is 2.24. The first kappa shape index (κ1) is 13.0. The Balaban J connectivity index is 0.00000112. The van der Waals surface area contributed by atoms with Crippen molar-refractivity contribution in [3.8, 4) is 0 Å². The molecule has 0 aliphatic carbocycles. The Morgan fingerprint density at radius 1 is 1.33 bits per heavy atom. The number of hydrogen-bond donors (Lipinski definition) is 1. The number of furan rings is 1. The van der Waals surface area contributed by atoms with Crippen LogP contribution in [-0.4, -0.2) is 13.2 Å². The minimum absolute atomic E-state index is 0. The summed E-state index contributed by atoms with van der Waals surface area (Å²) < 4.78 is 11.5. The molecule has 2 heterocycles. The van der Waals surface area contributed by atoms with Crippen LogP contribution >= 0.6 is 28.3 Å². The summed E-state index contributed by atoms with van der Waals surface area (Å²) in [5.41, 5.74) is 6.11. The van der Waals surface area contributed by atoms with Crippen LogP contribution in [0.4, 0.5) is 0 Å². The van der Waals surface area contributed by atoms with E-state index in [0.717, 1.165) is 36.5 Å². The molecule has 1 aliphatic heterocycles. The van der Waals surface area contributed by atoms with Gasteiger partial charge in [0.2, 0.25) is 0 Å². The molecule has 3 nitrogen and oxygen atoms in total. The van der Waals surface area contributed by atoms with E-state index in [2.05, 4.69) is 15.9 Å². The number of ether oxygens (including phenoxy) is 1. The first-order valence-corrected chi connectivity index (χ1v) is 5.65. The fourth-order valence-electron chi connectivity index (χ4n) is 1.81. The van der Waals surface area contributed by atoms with Crippen molar-refractivity contribution in [2.45, 2.75) is 18.9 Å². The van der Waals surface area contributed by atoms with Gasteiger partial charge in [-0.2, -0.15) is 0 Å². The second kappa shape index (κ2) is 5.89. The fourth-order valence-corrected chi connectivity index (χ4v) is 2.13. The molecule has 0 spiro atoms. The highest BCUT2D eigenvalue weighted by atomic mass is 79.9. The molecule has 0 unspecified atom stereocenters. The number of hydrogen-bond acceptors (Lipinski definition) is 3. The summed E-state index contributed by atoms with van der Waals surface area (Å²) in [5.74, 6) is 1.35. The molecule has 1 aliphatic rings. The summed E-state index contributed by atoms with van der Waals surface area (Å²) in [6.45, 7) is 1.64. The van der Waals surface area contributed by atoms with Gasteiger partial charge < -0.3 is 14.9 Å². The molecule has 1 fully saturated rings. The summed E-state index contributed by atoms with van der Waals surface area (Å²) >= 11 is 3.28. The van der Waals surface area contributed by atoms with E-state index in [9.17, 15) is 0 Å². The quantitative estimate of drug-likeness (QED) is 0.913. The SMILES string of the molecule is Cl.N[C@H](c1ccc(Br)o1)C1CCOCC1. The van der Waals surface area contributed by atoms with Gasteiger partial charge in [0.25, 0.3) is 0 Å². The fraction of sp³-hybridized carbons (Fsp3) is 0.600. The summed E-state index contributed by atoms with van der Waals surface area (Å²) in [5, 5.41) is 0. The molecular formula is C10H15BrClNO2. The van der Waals surface area contributed by atoms with Gasteiger partial charge in [-0.3, -0.25) is 0 Å². The van der Waals surface area contributed by atoms with Crippen molar-refractivity contribution in [2.75, 3.05) is 13.2 Å². The van der Waals surface area contributed by atoms with Gasteiger partial charge in [0, 0.05) is 13.2 Å². The maximum Gasteiger partial charge on any atom is 0.169 e. The van der Waals surface area contributed by atoms with Crippen molar-refractivity contribution < 1.29 is 9.15 Å². The van der Waals surface area contributed by atoms with Crippen LogP contribution in [0.25, 0.3) is 0 Å². The zero-order valence-corrected chi connectivity index (χ0v) is 10.7. The lowest BCUT2D eigenvalue weighted by Crippen LogP contribution is -2.27. The topological polar surface area (TPSA) is 48.4 Å². The van der Waals surface area contributed by atoms with Crippen molar-refractivity contribution in [1.29, 1.82) is 0 Å². The van der Waals surface area contributed by atoms with Crippen molar-refractivity contribution >= 4 is 28.3 Å². The van der Waals surface area contributed by atoms with Gasteiger partial charge in [0.15, 0.2) is 4.67 Å². The molecule has 0 aromatic carbocycles. The number of rotatable bonds is 2. The minimum Gasteiger partial charge on any atom is -0.453 e. The van der Waals surface area contributed by atoms with Crippen LogP contribution in [-0.2, 0) is 4.74 Å². The molecule has 1 atom stereocenters. The third-order valence-electron chi connectivity index (χ3n) is 2.70. The van der Waals surface area contributed by atoms with Gasteiger partial charge >= 0.3 is 0 Å². The Kier molecular flexibility index (Phi) is 5.12. The Morgan fingerprint density at radius 2 is 2.00 bits per heavy atom. The van der Waals surface area contributed by atoms with E-state index in [0.29, 0.717) is 5.92 Å². The summed E-state index contributed by atoms with van der Waals surface area (Å²) in [6.07, 6.45) is 2.05. The van der Waals surface area contributed by atoms with E-state index >= 15 is 0 Å². The molecule has 15 heavy (non-hydrogen) atoms. The molecule has 5 heteroatoms. The lowest BCUT2D eigenvalue weighted by atomic mass is 9.91. The highest BCUT2D eigenvalue weighted by molar-refractivity contribution is 9.10. The first-order chi connectivity index (χ1) is 6.77. The van der Waals surface area contributed by atoms with Crippen molar-refractivity contribution in [2.24, 2.45) is 11.7 Å². The molecule has 2 N–H and O–H groups in total. The smallest absolute Gasteiger partial charge is 0.169 e. The molecular weight excluding hydrogens is 281 g/mol. The largest absolute Gasteiger partial charge is 0.453 e. The van der Waals surface area contributed by atoms with Gasteiger partial charge in [-0.25, -0.2) is 0 Å². The van der Waals surface area contributed by atoms with Crippen LogP contribution in [0.3, 0.4) is 0 Å². The maximum absolute atomic E-state index is 6.11.